The smallest absolute Gasteiger partial charge is 0.00406 e. The highest BCUT2D eigenvalue weighted by molar-refractivity contribution is 5.86. The lowest BCUT2D eigenvalue weighted by Crippen LogP contribution is -2.26. The average Bonchev–Trinajstić information content (AvgIpc) is 2.43. The topological polar surface area (TPSA) is 12.0 Å². The maximum Gasteiger partial charge on any atom is -0.00406 e. The Hall–Kier alpha value is -1.34. The monoisotopic (exact) mass is 255 g/mol. The van der Waals surface area contributed by atoms with Crippen LogP contribution >= 0.6 is 0 Å². The first kappa shape index (κ1) is 14.1. The summed E-state index contributed by atoms with van der Waals surface area (Å²) in [4.78, 5) is 0. The predicted molar refractivity (Wildman–Crippen MR) is 84.8 cm³/mol. The second-order valence-corrected chi connectivity index (χ2v) is 5.91. The van der Waals surface area contributed by atoms with Gasteiger partial charge in [0.2, 0.25) is 0 Å². The van der Waals surface area contributed by atoms with Gasteiger partial charge >= 0.3 is 0 Å². The summed E-state index contributed by atoms with van der Waals surface area (Å²) < 4.78 is 0. The van der Waals surface area contributed by atoms with Crippen molar-refractivity contribution in [1.82, 2.24) is 5.32 Å². The van der Waals surface area contributed by atoms with E-state index in [1.54, 1.807) is 0 Å². The van der Waals surface area contributed by atoms with Crippen LogP contribution in [0.4, 0.5) is 0 Å². The molecule has 0 atom stereocenters. The summed E-state index contributed by atoms with van der Waals surface area (Å²) in [5.74, 6) is 0. The van der Waals surface area contributed by atoms with Gasteiger partial charge in [-0.3, -0.25) is 0 Å². The van der Waals surface area contributed by atoms with Crippen molar-refractivity contribution in [3.8, 4) is 0 Å². The number of hydrogen-bond acceptors (Lipinski definition) is 1. The van der Waals surface area contributed by atoms with E-state index in [1.165, 1.54) is 29.2 Å². The van der Waals surface area contributed by atoms with Crippen molar-refractivity contribution >= 4 is 10.8 Å². The normalized spacial score (nSPS) is 11.9. The van der Waals surface area contributed by atoms with Crippen LogP contribution in [0, 0.1) is 0 Å². The van der Waals surface area contributed by atoms with E-state index in [0.717, 1.165) is 13.1 Å². The summed E-state index contributed by atoms with van der Waals surface area (Å²) >= 11 is 0. The van der Waals surface area contributed by atoms with Gasteiger partial charge in [0.1, 0.15) is 0 Å². The van der Waals surface area contributed by atoms with Crippen molar-refractivity contribution in [3.63, 3.8) is 0 Å². The molecule has 0 fully saturated rings. The molecule has 0 saturated heterocycles. The quantitative estimate of drug-likeness (QED) is 0.749. The Balaban J connectivity index is 2.22. The van der Waals surface area contributed by atoms with Crippen molar-refractivity contribution in [2.24, 2.45) is 0 Å². The standard InChI is InChI=1S/C18H25N/c1-4-13-19-14-12-18(2,3)17-11-7-9-15-8-5-6-10-16(15)17/h5-11,19H,4,12-14H2,1-3H3. The minimum Gasteiger partial charge on any atom is -0.317 e. The van der Waals surface area contributed by atoms with Crippen molar-refractivity contribution in [2.75, 3.05) is 13.1 Å². The molecule has 2 aromatic carbocycles. The Bertz CT molecular complexity index is 523. The minimum atomic E-state index is 0.210. The van der Waals surface area contributed by atoms with Gasteiger partial charge in [0.25, 0.3) is 0 Å². The highest BCUT2D eigenvalue weighted by atomic mass is 14.8. The lowest BCUT2D eigenvalue weighted by molar-refractivity contribution is 0.460. The molecule has 19 heavy (non-hydrogen) atoms. The Morgan fingerprint density at radius 3 is 2.47 bits per heavy atom. The summed E-state index contributed by atoms with van der Waals surface area (Å²) in [5.41, 5.74) is 1.67. The second kappa shape index (κ2) is 6.21. The van der Waals surface area contributed by atoms with E-state index in [9.17, 15) is 0 Å². The lowest BCUT2D eigenvalue weighted by Gasteiger charge is -2.27. The van der Waals surface area contributed by atoms with Crippen LogP contribution in [0.3, 0.4) is 0 Å². The van der Waals surface area contributed by atoms with Gasteiger partial charge in [-0.15, -0.1) is 0 Å². The van der Waals surface area contributed by atoms with E-state index in [1.807, 2.05) is 0 Å². The van der Waals surface area contributed by atoms with Crippen molar-refractivity contribution in [1.29, 1.82) is 0 Å². The molecular formula is C18H25N. The Kier molecular flexibility index (Phi) is 4.60. The van der Waals surface area contributed by atoms with Crippen LogP contribution in [-0.2, 0) is 5.41 Å². The zero-order valence-electron chi connectivity index (χ0n) is 12.4. The molecule has 0 saturated carbocycles. The van der Waals surface area contributed by atoms with Crippen LogP contribution in [0.1, 0.15) is 39.2 Å². The molecule has 0 radical (unpaired) electrons. The van der Waals surface area contributed by atoms with E-state index in [-0.39, 0.29) is 5.41 Å². The SMILES string of the molecule is CCCNCCC(C)(C)c1cccc2ccccc12. The molecular weight excluding hydrogens is 230 g/mol. The molecule has 102 valence electrons. The number of hydrogen-bond donors (Lipinski definition) is 1. The summed E-state index contributed by atoms with van der Waals surface area (Å²) in [6.07, 6.45) is 2.37. The third-order valence-corrected chi connectivity index (χ3v) is 3.87. The van der Waals surface area contributed by atoms with Crippen LogP contribution in [0.2, 0.25) is 0 Å². The molecule has 0 aliphatic carbocycles. The van der Waals surface area contributed by atoms with E-state index in [4.69, 9.17) is 0 Å². The van der Waals surface area contributed by atoms with Crippen LogP contribution in [0.25, 0.3) is 10.8 Å². The fourth-order valence-electron chi connectivity index (χ4n) is 2.65. The second-order valence-electron chi connectivity index (χ2n) is 5.91. The summed E-state index contributed by atoms with van der Waals surface area (Å²) in [6, 6.07) is 15.3. The first-order chi connectivity index (χ1) is 9.15. The Morgan fingerprint density at radius 1 is 0.947 bits per heavy atom. The first-order valence-corrected chi connectivity index (χ1v) is 7.34. The molecule has 2 aromatic rings. The Labute approximate surface area is 117 Å². The molecule has 0 heterocycles. The molecule has 2 rings (SSSR count). The van der Waals surface area contributed by atoms with Gasteiger partial charge in [-0.05, 0) is 47.7 Å². The number of nitrogens with one attached hydrogen (secondary N) is 1. The van der Waals surface area contributed by atoms with Gasteiger partial charge in [0.05, 0.1) is 0 Å². The van der Waals surface area contributed by atoms with Gasteiger partial charge in [-0.25, -0.2) is 0 Å². The van der Waals surface area contributed by atoms with Crippen LogP contribution in [-0.4, -0.2) is 13.1 Å². The summed E-state index contributed by atoms with van der Waals surface area (Å²) in [5, 5.41) is 6.25. The van der Waals surface area contributed by atoms with Gasteiger partial charge in [0.15, 0.2) is 0 Å². The van der Waals surface area contributed by atoms with Crippen molar-refractivity contribution in [3.05, 3.63) is 48.0 Å². The average molecular weight is 255 g/mol. The van der Waals surface area contributed by atoms with Crippen molar-refractivity contribution in [2.45, 2.75) is 39.0 Å². The van der Waals surface area contributed by atoms with E-state index in [0.29, 0.717) is 0 Å². The predicted octanol–water partition coefficient (Wildman–Crippen LogP) is 4.51. The number of benzene rings is 2. The molecule has 0 aromatic heterocycles. The molecule has 0 bridgehead atoms. The summed E-state index contributed by atoms with van der Waals surface area (Å²) in [7, 11) is 0. The highest BCUT2D eigenvalue weighted by Crippen LogP contribution is 2.32. The van der Waals surface area contributed by atoms with Gasteiger partial charge in [0, 0.05) is 0 Å². The third kappa shape index (κ3) is 3.36. The Morgan fingerprint density at radius 2 is 1.68 bits per heavy atom. The van der Waals surface area contributed by atoms with Crippen molar-refractivity contribution < 1.29 is 0 Å². The van der Waals surface area contributed by atoms with Crippen LogP contribution < -0.4 is 5.32 Å². The maximum atomic E-state index is 3.51. The van der Waals surface area contributed by atoms with E-state index in [2.05, 4.69) is 68.6 Å². The third-order valence-electron chi connectivity index (χ3n) is 3.87. The fraction of sp³-hybridized carbons (Fsp3) is 0.444. The molecule has 0 aliphatic rings. The van der Waals surface area contributed by atoms with E-state index < -0.39 is 0 Å². The molecule has 0 spiro atoms. The molecule has 1 N–H and O–H groups in total. The molecule has 0 unspecified atom stereocenters. The zero-order valence-corrected chi connectivity index (χ0v) is 12.4. The molecule has 0 aliphatic heterocycles. The van der Waals surface area contributed by atoms with Crippen LogP contribution in [0.15, 0.2) is 42.5 Å². The molecule has 0 amide bonds. The fourth-order valence-corrected chi connectivity index (χ4v) is 2.65. The molecule has 1 heteroatoms. The van der Waals surface area contributed by atoms with E-state index >= 15 is 0 Å². The lowest BCUT2D eigenvalue weighted by atomic mass is 9.79. The van der Waals surface area contributed by atoms with Gasteiger partial charge in [-0.1, -0.05) is 63.2 Å². The maximum absolute atomic E-state index is 3.51. The first-order valence-electron chi connectivity index (χ1n) is 7.34. The highest BCUT2D eigenvalue weighted by Gasteiger charge is 2.21. The molecule has 1 nitrogen and oxygen atoms in total. The van der Waals surface area contributed by atoms with Gasteiger partial charge < -0.3 is 5.32 Å². The largest absolute Gasteiger partial charge is 0.317 e. The minimum absolute atomic E-state index is 0.210. The van der Waals surface area contributed by atoms with Crippen LogP contribution in [0.5, 0.6) is 0 Å². The van der Waals surface area contributed by atoms with Gasteiger partial charge in [-0.2, -0.15) is 0 Å². The summed E-state index contributed by atoms with van der Waals surface area (Å²) in [6.45, 7) is 9.11. The number of fused-ring (bicyclic) bond motifs is 1. The number of rotatable bonds is 6. The zero-order chi connectivity index (χ0) is 13.7.